The third-order valence-corrected chi connectivity index (χ3v) is 5.72. The minimum absolute atomic E-state index is 0.0974. The molecule has 1 N–H and O–H groups in total. The third kappa shape index (κ3) is 6.34. The van der Waals surface area contributed by atoms with Gasteiger partial charge in [-0.1, -0.05) is 41.9 Å². The molecule has 4 aromatic rings. The normalized spacial score (nSPS) is 10.6. The number of halogens is 1. The van der Waals surface area contributed by atoms with Crippen LogP contribution in [0.2, 0.25) is 5.02 Å². The van der Waals surface area contributed by atoms with E-state index >= 15 is 0 Å². The van der Waals surface area contributed by atoms with Gasteiger partial charge in [0.05, 0.1) is 0 Å². The Morgan fingerprint density at radius 2 is 1.46 bits per heavy atom. The average molecular weight is 489 g/mol. The summed E-state index contributed by atoms with van der Waals surface area (Å²) in [6.07, 6.45) is 0.582. The van der Waals surface area contributed by atoms with Crippen LogP contribution in [-0.2, 0) is 11.2 Å². The molecule has 0 bridgehead atoms. The summed E-state index contributed by atoms with van der Waals surface area (Å²) in [6.45, 7) is 3.87. The molecule has 0 aliphatic rings. The van der Waals surface area contributed by atoms with Crippen LogP contribution in [0, 0.1) is 13.8 Å². The van der Waals surface area contributed by atoms with Gasteiger partial charge < -0.3 is 19.3 Å². The summed E-state index contributed by atoms with van der Waals surface area (Å²) < 4.78 is 18.4. The van der Waals surface area contributed by atoms with Gasteiger partial charge in [-0.2, -0.15) is 0 Å². The molecule has 4 aromatic carbocycles. The van der Waals surface area contributed by atoms with Crippen LogP contribution in [0.1, 0.15) is 23.1 Å². The van der Waals surface area contributed by atoms with Crippen molar-refractivity contribution in [3.05, 3.63) is 107 Å². The fourth-order valence-electron chi connectivity index (χ4n) is 3.58. The van der Waals surface area contributed by atoms with Gasteiger partial charge in [0.15, 0.2) is 11.5 Å². The lowest BCUT2D eigenvalue weighted by atomic mass is 10.0. The number of rotatable bonds is 9. The Morgan fingerprint density at radius 1 is 0.743 bits per heavy atom. The Morgan fingerprint density at radius 3 is 2.17 bits per heavy atom. The SMILES string of the molecule is Cc1cc(Oc2cccc(Oc3ccc(Cl)cc3Oc3ccccc3)c2C)ccc1CCC(=O)O. The molecule has 0 fully saturated rings. The maximum atomic E-state index is 10.9. The average Bonchev–Trinajstić information content (AvgIpc) is 2.83. The predicted molar refractivity (Wildman–Crippen MR) is 136 cm³/mol. The maximum Gasteiger partial charge on any atom is 0.303 e. The first-order valence-corrected chi connectivity index (χ1v) is 11.6. The molecule has 0 unspecified atom stereocenters. The number of carboxylic acids is 1. The van der Waals surface area contributed by atoms with Crippen molar-refractivity contribution in [2.24, 2.45) is 0 Å². The molecule has 5 nitrogen and oxygen atoms in total. The molecule has 0 amide bonds. The van der Waals surface area contributed by atoms with Crippen LogP contribution >= 0.6 is 11.6 Å². The van der Waals surface area contributed by atoms with Crippen molar-refractivity contribution in [1.82, 2.24) is 0 Å². The van der Waals surface area contributed by atoms with Gasteiger partial charge in [-0.15, -0.1) is 0 Å². The van der Waals surface area contributed by atoms with E-state index in [-0.39, 0.29) is 6.42 Å². The summed E-state index contributed by atoms with van der Waals surface area (Å²) in [5, 5.41) is 9.47. The van der Waals surface area contributed by atoms with Gasteiger partial charge in [-0.3, -0.25) is 4.79 Å². The Hall–Kier alpha value is -3.96. The van der Waals surface area contributed by atoms with Gasteiger partial charge in [-0.25, -0.2) is 0 Å². The summed E-state index contributed by atoms with van der Waals surface area (Å²) in [6, 6.07) is 25.9. The molecule has 0 radical (unpaired) electrons. The number of aryl methyl sites for hydroxylation is 2. The lowest BCUT2D eigenvalue weighted by Gasteiger charge is -2.16. The van der Waals surface area contributed by atoms with Crippen molar-refractivity contribution in [3.8, 4) is 34.5 Å². The fraction of sp³-hybridized carbons (Fsp3) is 0.138. The first-order valence-electron chi connectivity index (χ1n) is 11.2. The molecule has 0 heterocycles. The van der Waals surface area contributed by atoms with E-state index in [1.54, 1.807) is 18.2 Å². The highest BCUT2D eigenvalue weighted by Gasteiger charge is 2.13. The van der Waals surface area contributed by atoms with Crippen molar-refractivity contribution in [2.75, 3.05) is 0 Å². The first-order chi connectivity index (χ1) is 16.9. The van der Waals surface area contributed by atoms with Crippen LogP contribution in [-0.4, -0.2) is 11.1 Å². The topological polar surface area (TPSA) is 65.0 Å². The van der Waals surface area contributed by atoms with Crippen LogP contribution in [0.15, 0.2) is 84.9 Å². The molecule has 4 rings (SSSR count). The number of ether oxygens (including phenoxy) is 3. The zero-order valence-corrected chi connectivity index (χ0v) is 20.2. The number of carboxylic acid groups (broad SMARTS) is 1. The molecule has 0 aliphatic carbocycles. The molecular weight excluding hydrogens is 464 g/mol. The van der Waals surface area contributed by atoms with Gasteiger partial charge in [0.1, 0.15) is 23.0 Å². The van der Waals surface area contributed by atoms with Crippen LogP contribution in [0.5, 0.6) is 34.5 Å². The molecule has 0 aromatic heterocycles. The molecule has 178 valence electrons. The summed E-state index contributed by atoms with van der Waals surface area (Å²) in [4.78, 5) is 10.9. The van der Waals surface area contributed by atoms with Crippen molar-refractivity contribution in [1.29, 1.82) is 0 Å². The molecule has 35 heavy (non-hydrogen) atoms. The predicted octanol–water partition coefficient (Wildman–Crippen LogP) is 8.35. The molecule has 6 heteroatoms. The van der Waals surface area contributed by atoms with Gasteiger partial charge in [0.25, 0.3) is 0 Å². The van der Waals surface area contributed by atoms with Gasteiger partial charge in [0.2, 0.25) is 0 Å². The second kappa shape index (κ2) is 11.0. The number of carbonyl (C=O) groups is 1. The van der Waals surface area contributed by atoms with Crippen molar-refractivity contribution < 1.29 is 24.1 Å². The molecular formula is C29H25ClO5. The van der Waals surface area contributed by atoms with Crippen LogP contribution in [0.3, 0.4) is 0 Å². The minimum atomic E-state index is -0.810. The van der Waals surface area contributed by atoms with E-state index in [1.807, 2.05) is 80.6 Å². The molecule has 0 atom stereocenters. The largest absolute Gasteiger partial charge is 0.481 e. The number of hydrogen-bond acceptors (Lipinski definition) is 4. The lowest BCUT2D eigenvalue weighted by Crippen LogP contribution is -1.99. The molecule has 0 saturated carbocycles. The second-order valence-corrected chi connectivity index (χ2v) is 8.51. The maximum absolute atomic E-state index is 10.9. The zero-order valence-electron chi connectivity index (χ0n) is 19.5. The van der Waals surface area contributed by atoms with Crippen LogP contribution in [0.4, 0.5) is 0 Å². The van der Waals surface area contributed by atoms with E-state index in [9.17, 15) is 4.79 Å². The zero-order chi connectivity index (χ0) is 24.8. The monoisotopic (exact) mass is 488 g/mol. The Bertz CT molecular complexity index is 1330. The Labute approximate surface area is 209 Å². The highest BCUT2D eigenvalue weighted by molar-refractivity contribution is 6.30. The number of para-hydroxylation sites is 1. The van der Waals surface area contributed by atoms with E-state index in [1.165, 1.54) is 0 Å². The molecule has 0 aliphatic heterocycles. The summed E-state index contributed by atoms with van der Waals surface area (Å²) in [7, 11) is 0. The highest BCUT2D eigenvalue weighted by Crippen LogP contribution is 2.40. The highest BCUT2D eigenvalue weighted by atomic mass is 35.5. The summed E-state index contributed by atoms with van der Waals surface area (Å²) in [5.41, 5.74) is 2.79. The van der Waals surface area contributed by atoms with Gasteiger partial charge >= 0.3 is 5.97 Å². The minimum Gasteiger partial charge on any atom is -0.481 e. The van der Waals surface area contributed by atoms with E-state index < -0.39 is 5.97 Å². The Balaban J connectivity index is 1.55. The van der Waals surface area contributed by atoms with Crippen molar-refractivity contribution in [3.63, 3.8) is 0 Å². The summed E-state index contributed by atoms with van der Waals surface area (Å²) >= 11 is 6.21. The fourth-order valence-corrected chi connectivity index (χ4v) is 3.74. The lowest BCUT2D eigenvalue weighted by molar-refractivity contribution is -0.136. The number of aliphatic carboxylic acids is 1. The van der Waals surface area contributed by atoms with E-state index in [0.29, 0.717) is 45.9 Å². The smallest absolute Gasteiger partial charge is 0.303 e. The summed E-state index contributed by atoms with van der Waals surface area (Å²) in [5.74, 6) is 2.84. The Kier molecular flexibility index (Phi) is 7.58. The van der Waals surface area contributed by atoms with Crippen LogP contribution < -0.4 is 14.2 Å². The van der Waals surface area contributed by atoms with Crippen LogP contribution in [0.25, 0.3) is 0 Å². The quantitative estimate of drug-likeness (QED) is 0.256. The van der Waals surface area contributed by atoms with Crippen molar-refractivity contribution in [2.45, 2.75) is 26.7 Å². The van der Waals surface area contributed by atoms with Gasteiger partial charge in [0, 0.05) is 23.1 Å². The first kappa shape index (κ1) is 24.2. The molecule has 0 saturated heterocycles. The number of benzene rings is 4. The van der Waals surface area contributed by atoms with E-state index in [4.69, 9.17) is 30.9 Å². The standard InChI is InChI=1S/C29H25ClO5/c1-19-17-24(14-11-21(19)12-16-29(31)32)34-25-9-6-10-26(20(25)2)35-27-15-13-22(30)18-28(27)33-23-7-4-3-5-8-23/h3-11,13-15,17-18H,12,16H2,1-2H3,(H,31,32). The van der Waals surface area contributed by atoms with E-state index in [2.05, 4.69) is 0 Å². The van der Waals surface area contributed by atoms with E-state index in [0.717, 1.165) is 16.7 Å². The molecule has 0 spiro atoms. The third-order valence-electron chi connectivity index (χ3n) is 5.48. The van der Waals surface area contributed by atoms with Crippen molar-refractivity contribution >= 4 is 17.6 Å². The van der Waals surface area contributed by atoms with Gasteiger partial charge in [-0.05, 0) is 79.9 Å². The second-order valence-electron chi connectivity index (χ2n) is 8.07. The number of hydrogen-bond donors (Lipinski definition) is 1.